The van der Waals surface area contributed by atoms with Gasteiger partial charge in [-0.05, 0) is 86.6 Å². The molecule has 4 N–H and O–H groups in total. The molecule has 0 aliphatic carbocycles. The van der Waals surface area contributed by atoms with Crippen molar-refractivity contribution in [1.82, 2.24) is 5.32 Å². The number of nitrogens with one attached hydrogen (secondary N) is 2. The highest BCUT2D eigenvalue weighted by atomic mass is 32.3. The Labute approximate surface area is 281 Å². The maximum absolute atomic E-state index is 13.8. The molecule has 4 atom stereocenters. The van der Waals surface area contributed by atoms with Gasteiger partial charge in [0.25, 0.3) is 10.4 Å². The zero-order valence-corrected chi connectivity index (χ0v) is 28.6. The third kappa shape index (κ3) is 7.52. The molecule has 1 aliphatic rings. The van der Waals surface area contributed by atoms with Crippen LogP contribution in [0.5, 0.6) is 5.75 Å². The van der Waals surface area contributed by atoms with Gasteiger partial charge in [0.15, 0.2) is 0 Å². The summed E-state index contributed by atoms with van der Waals surface area (Å²) in [5, 5.41) is 5.56. The fourth-order valence-electron chi connectivity index (χ4n) is 6.57. The lowest BCUT2D eigenvalue weighted by Gasteiger charge is -2.41. The molecule has 5 amide bonds. The Morgan fingerprint density at radius 2 is 1.46 bits per heavy atom. The van der Waals surface area contributed by atoms with Crippen LogP contribution in [0.15, 0.2) is 78.9 Å². The van der Waals surface area contributed by atoms with Crippen LogP contribution in [0.3, 0.4) is 0 Å². The number of hydrogen-bond donors (Lipinski definition) is 3. The predicted molar refractivity (Wildman–Crippen MR) is 180 cm³/mol. The SMILES string of the molecule is CCC(C)(CC(C)(C(N)=O)C1C(=O)N(c2ccccc2)C(=O)C1C)c1ccc(C(C)(C)NC(=O)Nc2ccc(OS(=O)(=O)[O-])cc2)cc1. The highest BCUT2D eigenvalue weighted by Crippen LogP contribution is 2.49. The zero-order chi connectivity index (χ0) is 35.7. The molecule has 0 bridgehead atoms. The lowest BCUT2D eigenvalue weighted by atomic mass is 9.61. The van der Waals surface area contributed by atoms with Crippen molar-refractivity contribution in [2.45, 2.75) is 65.3 Å². The normalized spacial score (nSPS) is 19.3. The Kier molecular flexibility index (Phi) is 10.1. The summed E-state index contributed by atoms with van der Waals surface area (Å²) in [6.07, 6.45) is 0.825. The topological polar surface area (TPSA) is 188 Å². The monoisotopic (exact) mass is 677 g/mol. The van der Waals surface area contributed by atoms with Crippen LogP contribution in [0.1, 0.15) is 65.5 Å². The second kappa shape index (κ2) is 13.4. The van der Waals surface area contributed by atoms with Crippen LogP contribution >= 0.6 is 0 Å². The number of imide groups is 1. The molecule has 3 aromatic rings. The van der Waals surface area contributed by atoms with Crippen LogP contribution in [0.4, 0.5) is 16.2 Å². The molecule has 0 aromatic heterocycles. The van der Waals surface area contributed by atoms with Gasteiger partial charge < -0.3 is 25.1 Å². The van der Waals surface area contributed by atoms with Gasteiger partial charge in [-0.25, -0.2) is 13.2 Å². The lowest BCUT2D eigenvalue weighted by molar-refractivity contribution is -0.139. The van der Waals surface area contributed by atoms with Crippen LogP contribution in [0.25, 0.3) is 0 Å². The minimum Gasteiger partial charge on any atom is -0.716 e. The molecule has 3 aromatic carbocycles. The van der Waals surface area contributed by atoms with Crippen LogP contribution in [-0.2, 0) is 35.7 Å². The van der Waals surface area contributed by atoms with E-state index in [0.717, 1.165) is 16.0 Å². The summed E-state index contributed by atoms with van der Waals surface area (Å²) in [6, 6.07) is 21.0. The minimum absolute atomic E-state index is 0.182. The lowest BCUT2D eigenvalue weighted by Crippen LogP contribution is -2.49. The zero-order valence-electron chi connectivity index (χ0n) is 27.8. The van der Waals surface area contributed by atoms with Gasteiger partial charge in [-0.1, -0.05) is 63.2 Å². The van der Waals surface area contributed by atoms with E-state index in [0.29, 0.717) is 17.8 Å². The van der Waals surface area contributed by atoms with Gasteiger partial charge in [-0.15, -0.1) is 0 Å². The van der Waals surface area contributed by atoms with Crippen LogP contribution < -0.4 is 25.5 Å². The Morgan fingerprint density at radius 1 is 0.896 bits per heavy atom. The molecule has 12 nitrogen and oxygen atoms in total. The molecule has 13 heteroatoms. The van der Waals surface area contributed by atoms with E-state index in [1.54, 1.807) is 44.2 Å². The van der Waals surface area contributed by atoms with E-state index in [4.69, 9.17) is 5.73 Å². The molecular weight excluding hydrogens is 636 g/mol. The fourth-order valence-corrected chi connectivity index (χ4v) is 6.92. The number of urea groups is 1. The van der Waals surface area contributed by atoms with E-state index in [9.17, 15) is 32.1 Å². The van der Waals surface area contributed by atoms with Crippen LogP contribution in [-0.4, -0.2) is 36.7 Å². The molecule has 0 radical (unpaired) electrons. The first-order chi connectivity index (χ1) is 22.3. The fraction of sp³-hybridized carbons (Fsp3) is 0.371. The van der Waals surface area contributed by atoms with Gasteiger partial charge >= 0.3 is 6.03 Å². The average Bonchev–Trinajstić information content (AvgIpc) is 3.24. The number of hydrogen-bond acceptors (Lipinski definition) is 8. The summed E-state index contributed by atoms with van der Waals surface area (Å²) in [4.78, 5) is 54.4. The third-order valence-corrected chi connectivity index (χ3v) is 9.83. The van der Waals surface area contributed by atoms with Crippen molar-refractivity contribution < 1.29 is 36.3 Å². The molecule has 48 heavy (non-hydrogen) atoms. The number of nitrogens with two attached hydrogens (primary N) is 1. The van der Waals surface area contributed by atoms with E-state index in [1.165, 1.54) is 24.3 Å². The summed E-state index contributed by atoms with van der Waals surface area (Å²) < 4.78 is 36.6. The number of carbonyl (C=O) groups excluding carboxylic acids is 4. The summed E-state index contributed by atoms with van der Waals surface area (Å²) >= 11 is 0. The summed E-state index contributed by atoms with van der Waals surface area (Å²) in [6.45, 7) is 11.0. The number of benzene rings is 3. The standard InChI is InChI=1S/C35H42N4O8S/c1-7-34(5,21-35(6,31(36)42)28-22(2)29(40)39(30(28)41)26-11-9-8-10-12-26)24-15-13-23(14-16-24)33(3,4)38-32(43)37-25-17-19-27(20-18-25)47-48(44,45)46/h8-20,22,28H,7,21H2,1-6H3,(H2,36,42)(H2,37,38,43)(H,44,45,46)/p-1. The van der Waals surface area contributed by atoms with Crippen LogP contribution in [0, 0.1) is 17.3 Å². The van der Waals surface area contributed by atoms with Crippen LogP contribution in [0.2, 0.25) is 0 Å². The summed E-state index contributed by atoms with van der Waals surface area (Å²) in [5.41, 5.74) is 5.74. The van der Waals surface area contributed by atoms with Crippen molar-refractivity contribution in [3.8, 4) is 5.75 Å². The molecule has 1 fully saturated rings. The number of primary amides is 1. The van der Waals surface area contributed by atoms with E-state index < -0.39 is 56.4 Å². The maximum Gasteiger partial charge on any atom is 0.319 e. The van der Waals surface area contributed by atoms with Crippen molar-refractivity contribution in [3.63, 3.8) is 0 Å². The highest BCUT2D eigenvalue weighted by Gasteiger charge is 2.58. The Balaban J connectivity index is 1.52. The molecule has 1 saturated heterocycles. The Hall–Kier alpha value is -4.75. The Morgan fingerprint density at radius 3 is 1.98 bits per heavy atom. The molecule has 256 valence electrons. The molecular formula is C35H41N4O8S-. The van der Waals surface area contributed by atoms with Gasteiger partial charge in [-0.3, -0.25) is 19.3 Å². The van der Waals surface area contributed by atoms with Gasteiger partial charge in [-0.2, -0.15) is 0 Å². The largest absolute Gasteiger partial charge is 0.716 e. The number of amides is 5. The van der Waals surface area contributed by atoms with Crippen molar-refractivity contribution in [2.24, 2.45) is 23.0 Å². The second-order valence-electron chi connectivity index (χ2n) is 13.3. The second-order valence-corrected chi connectivity index (χ2v) is 14.3. The quantitative estimate of drug-likeness (QED) is 0.136. The first kappa shape index (κ1) is 36.1. The first-order valence-electron chi connectivity index (χ1n) is 15.5. The minimum atomic E-state index is -4.91. The highest BCUT2D eigenvalue weighted by molar-refractivity contribution is 7.81. The summed E-state index contributed by atoms with van der Waals surface area (Å²) in [7, 11) is -4.91. The molecule has 1 aliphatic heterocycles. The molecule has 1 heterocycles. The van der Waals surface area contributed by atoms with Crippen molar-refractivity contribution in [1.29, 1.82) is 0 Å². The predicted octanol–water partition coefficient (Wildman–Crippen LogP) is 4.96. The van der Waals surface area contributed by atoms with Gasteiger partial charge in [0.2, 0.25) is 17.7 Å². The van der Waals surface area contributed by atoms with E-state index in [1.807, 2.05) is 52.0 Å². The third-order valence-electron chi connectivity index (χ3n) is 9.44. The van der Waals surface area contributed by atoms with Crippen molar-refractivity contribution in [2.75, 3.05) is 10.2 Å². The molecule has 0 saturated carbocycles. The van der Waals surface area contributed by atoms with Gasteiger partial charge in [0.05, 0.1) is 22.6 Å². The molecule has 0 spiro atoms. The number of anilines is 2. The van der Waals surface area contributed by atoms with E-state index >= 15 is 0 Å². The van der Waals surface area contributed by atoms with E-state index in [2.05, 4.69) is 14.8 Å². The average molecular weight is 678 g/mol. The number of rotatable bonds is 12. The molecule has 4 rings (SSSR count). The smallest absolute Gasteiger partial charge is 0.319 e. The number of nitrogens with zero attached hydrogens (tertiary/aromatic N) is 1. The number of carbonyl (C=O) groups is 4. The van der Waals surface area contributed by atoms with Crippen molar-refractivity contribution >= 4 is 45.5 Å². The van der Waals surface area contributed by atoms with Gasteiger partial charge in [0, 0.05) is 11.6 Å². The maximum atomic E-state index is 13.8. The van der Waals surface area contributed by atoms with Crippen molar-refractivity contribution in [3.05, 3.63) is 90.0 Å². The van der Waals surface area contributed by atoms with E-state index in [-0.39, 0.29) is 18.1 Å². The summed E-state index contributed by atoms with van der Waals surface area (Å²) in [5.74, 6) is -3.35. The first-order valence-corrected chi connectivity index (χ1v) is 16.8. The van der Waals surface area contributed by atoms with Gasteiger partial charge in [0.1, 0.15) is 5.75 Å². The molecule has 4 unspecified atom stereocenters. The number of para-hydroxylation sites is 1. The Bertz CT molecular complexity index is 1800.